The van der Waals surface area contributed by atoms with E-state index in [1.165, 1.54) is 25.9 Å². The second-order valence-corrected chi connectivity index (χ2v) is 11.0. The standard InChI is InChI=1S/C22H37N3O3S2/c1-18-6-8-20(9-7-18)30(27,28)24-21(12-17-29-3)22(26)23-13-4-5-14-25-15-10-19(2)11-16-25/h6-9,19,21,24H,4-5,10-17H2,1-3H3,(H,23,26). The molecule has 1 atom stereocenters. The van der Waals surface area contributed by atoms with Crippen molar-refractivity contribution >= 4 is 27.7 Å². The van der Waals surface area contributed by atoms with Crippen molar-refractivity contribution in [2.75, 3.05) is 38.2 Å². The molecule has 1 saturated heterocycles. The zero-order valence-corrected chi connectivity index (χ0v) is 20.2. The van der Waals surface area contributed by atoms with Crippen molar-refractivity contribution in [3.63, 3.8) is 0 Å². The zero-order valence-electron chi connectivity index (χ0n) is 18.5. The van der Waals surface area contributed by atoms with Crippen LogP contribution in [-0.4, -0.2) is 63.5 Å². The van der Waals surface area contributed by atoms with Crippen LogP contribution in [0.25, 0.3) is 0 Å². The highest BCUT2D eigenvalue weighted by Crippen LogP contribution is 2.16. The van der Waals surface area contributed by atoms with Gasteiger partial charge in [0.05, 0.1) is 4.90 Å². The Morgan fingerprint density at radius 2 is 1.87 bits per heavy atom. The molecule has 0 saturated carbocycles. The molecule has 0 spiro atoms. The molecule has 0 aromatic heterocycles. The summed E-state index contributed by atoms with van der Waals surface area (Å²) in [6.07, 6.45) is 6.90. The van der Waals surface area contributed by atoms with Crippen molar-refractivity contribution in [3.8, 4) is 0 Å². The minimum atomic E-state index is -3.73. The number of unbranched alkanes of at least 4 members (excludes halogenated alkanes) is 1. The number of hydrogen-bond donors (Lipinski definition) is 2. The molecular formula is C22H37N3O3S2. The highest BCUT2D eigenvalue weighted by atomic mass is 32.2. The molecule has 1 amide bonds. The summed E-state index contributed by atoms with van der Waals surface area (Å²) in [4.78, 5) is 15.3. The average Bonchev–Trinajstić information content (AvgIpc) is 2.72. The van der Waals surface area contributed by atoms with Crippen molar-refractivity contribution in [2.45, 2.75) is 56.9 Å². The molecule has 1 aliphatic heterocycles. The molecule has 2 rings (SSSR count). The third kappa shape index (κ3) is 8.57. The van der Waals surface area contributed by atoms with Crippen molar-refractivity contribution in [1.82, 2.24) is 14.9 Å². The van der Waals surface area contributed by atoms with Gasteiger partial charge in [0, 0.05) is 6.54 Å². The first-order valence-electron chi connectivity index (χ1n) is 10.9. The van der Waals surface area contributed by atoms with E-state index >= 15 is 0 Å². The van der Waals surface area contributed by atoms with Crippen molar-refractivity contribution < 1.29 is 13.2 Å². The number of hydrogen-bond acceptors (Lipinski definition) is 5. The lowest BCUT2D eigenvalue weighted by atomic mass is 9.99. The zero-order chi connectivity index (χ0) is 22.0. The fourth-order valence-corrected chi connectivity index (χ4v) is 5.23. The Bertz CT molecular complexity index is 745. The number of nitrogens with zero attached hydrogens (tertiary/aromatic N) is 1. The molecule has 1 aromatic carbocycles. The Hall–Kier alpha value is -1.09. The van der Waals surface area contributed by atoms with Crippen LogP contribution in [0.1, 0.15) is 44.6 Å². The van der Waals surface area contributed by atoms with Gasteiger partial charge in [-0.05, 0) is 88.7 Å². The van der Waals surface area contributed by atoms with Crippen molar-refractivity contribution in [2.24, 2.45) is 5.92 Å². The molecule has 0 bridgehead atoms. The lowest BCUT2D eigenvalue weighted by Gasteiger charge is -2.30. The third-order valence-electron chi connectivity index (χ3n) is 5.63. The molecule has 1 fully saturated rings. The lowest BCUT2D eigenvalue weighted by Crippen LogP contribution is -2.47. The first kappa shape index (κ1) is 25.2. The van der Waals surface area contributed by atoms with E-state index in [4.69, 9.17) is 0 Å². The van der Waals surface area contributed by atoms with Crippen LogP contribution in [0.2, 0.25) is 0 Å². The van der Waals surface area contributed by atoms with E-state index in [-0.39, 0.29) is 10.8 Å². The summed E-state index contributed by atoms with van der Waals surface area (Å²) in [6.45, 7) is 8.21. The van der Waals surface area contributed by atoms with Crippen LogP contribution < -0.4 is 10.0 Å². The van der Waals surface area contributed by atoms with E-state index in [1.807, 2.05) is 13.2 Å². The van der Waals surface area contributed by atoms with Gasteiger partial charge in [0.1, 0.15) is 6.04 Å². The van der Waals surface area contributed by atoms with Crippen molar-refractivity contribution in [3.05, 3.63) is 29.8 Å². The highest BCUT2D eigenvalue weighted by molar-refractivity contribution is 7.98. The topological polar surface area (TPSA) is 78.5 Å². The molecule has 1 aliphatic rings. The molecule has 1 aromatic rings. The molecule has 2 N–H and O–H groups in total. The fraction of sp³-hybridized carbons (Fsp3) is 0.682. The van der Waals surface area contributed by atoms with Gasteiger partial charge in [0.25, 0.3) is 0 Å². The summed E-state index contributed by atoms with van der Waals surface area (Å²) in [7, 11) is -3.73. The number of likely N-dealkylation sites (tertiary alicyclic amines) is 1. The van der Waals surface area contributed by atoms with Gasteiger partial charge < -0.3 is 10.2 Å². The smallest absolute Gasteiger partial charge is 0.241 e. The summed E-state index contributed by atoms with van der Waals surface area (Å²) in [5.74, 6) is 1.30. The predicted molar refractivity (Wildman–Crippen MR) is 125 cm³/mol. The molecule has 1 unspecified atom stereocenters. The molecule has 1 heterocycles. The highest BCUT2D eigenvalue weighted by Gasteiger charge is 2.25. The number of aryl methyl sites for hydroxylation is 1. The number of nitrogens with one attached hydrogen (secondary N) is 2. The van der Waals surface area contributed by atoms with Crippen LogP contribution in [0.15, 0.2) is 29.2 Å². The number of sulfonamides is 1. The SMILES string of the molecule is CSCCC(NS(=O)(=O)c1ccc(C)cc1)C(=O)NCCCCN1CCC(C)CC1. The van der Waals surface area contributed by atoms with Crippen LogP contribution in [-0.2, 0) is 14.8 Å². The maximum Gasteiger partial charge on any atom is 0.241 e. The maximum atomic E-state index is 12.7. The number of rotatable bonds is 12. The van der Waals surface area contributed by atoms with E-state index < -0.39 is 16.1 Å². The van der Waals surface area contributed by atoms with E-state index in [0.717, 1.165) is 30.9 Å². The minimum absolute atomic E-state index is 0.186. The summed E-state index contributed by atoms with van der Waals surface area (Å²) < 4.78 is 28.0. The Morgan fingerprint density at radius 1 is 1.20 bits per heavy atom. The molecular weight excluding hydrogens is 418 g/mol. The summed E-state index contributed by atoms with van der Waals surface area (Å²) in [6, 6.07) is 5.90. The molecule has 8 heteroatoms. The normalized spacial score (nSPS) is 17.0. The molecule has 170 valence electrons. The van der Waals surface area contributed by atoms with Crippen LogP contribution >= 0.6 is 11.8 Å². The van der Waals surface area contributed by atoms with Gasteiger partial charge in [-0.1, -0.05) is 24.6 Å². The molecule has 6 nitrogen and oxygen atoms in total. The number of thioether (sulfide) groups is 1. The average molecular weight is 456 g/mol. The second kappa shape index (κ2) is 12.7. The Morgan fingerprint density at radius 3 is 2.50 bits per heavy atom. The van der Waals surface area contributed by atoms with Gasteiger partial charge in [-0.3, -0.25) is 4.79 Å². The predicted octanol–water partition coefficient (Wildman–Crippen LogP) is 3.02. The summed E-state index contributed by atoms with van der Waals surface area (Å²) in [5.41, 5.74) is 0.990. The monoisotopic (exact) mass is 455 g/mol. The van der Waals surface area contributed by atoms with E-state index in [1.54, 1.807) is 36.0 Å². The quantitative estimate of drug-likeness (QED) is 0.474. The van der Waals surface area contributed by atoms with Gasteiger partial charge in [-0.25, -0.2) is 8.42 Å². The van der Waals surface area contributed by atoms with Gasteiger partial charge in [0.15, 0.2) is 0 Å². The van der Waals surface area contributed by atoms with Crippen LogP contribution in [0, 0.1) is 12.8 Å². The largest absolute Gasteiger partial charge is 0.355 e. The third-order valence-corrected chi connectivity index (χ3v) is 7.76. The Balaban J connectivity index is 1.80. The molecule has 30 heavy (non-hydrogen) atoms. The van der Waals surface area contributed by atoms with Gasteiger partial charge in [0.2, 0.25) is 15.9 Å². The van der Waals surface area contributed by atoms with Gasteiger partial charge in [-0.15, -0.1) is 0 Å². The minimum Gasteiger partial charge on any atom is -0.355 e. The van der Waals surface area contributed by atoms with Crippen molar-refractivity contribution in [1.29, 1.82) is 0 Å². The maximum absolute atomic E-state index is 12.7. The molecule has 0 aliphatic carbocycles. The Kier molecular flexibility index (Phi) is 10.6. The summed E-state index contributed by atoms with van der Waals surface area (Å²) >= 11 is 1.60. The first-order chi connectivity index (χ1) is 14.3. The number of carbonyl (C=O) groups excluding carboxylic acids is 1. The number of amides is 1. The van der Waals surface area contributed by atoms with Crippen LogP contribution in [0.5, 0.6) is 0 Å². The van der Waals surface area contributed by atoms with E-state index in [9.17, 15) is 13.2 Å². The second-order valence-electron chi connectivity index (χ2n) is 8.29. The van der Waals surface area contributed by atoms with Crippen LogP contribution in [0.3, 0.4) is 0 Å². The van der Waals surface area contributed by atoms with E-state index in [0.29, 0.717) is 18.7 Å². The molecule has 0 radical (unpaired) electrons. The Labute approximate surface area is 186 Å². The summed E-state index contributed by atoms with van der Waals surface area (Å²) in [5, 5.41) is 2.93. The first-order valence-corrected chi connectivity index (χ1v) is 13.8. The van der Waals surface area contributed by atoms with Crippen LogP contribution in [0.4, 0.5) is 0 Å². The lowest BCUT2D eigenvalue weighted by molar-refractivity contribution is -0.122. The fourth-order valence-electron chi connectivity index (χ4n) is 3.53. The van der Waals surface area contributed by atoms with Gasteiger partial charge in [-0.2, -0.15) is 16.5 Å². The van der Waals surface area contributed by atoms with E-state index in [2.05, 4.69) is 21.9 Å². The van der Waals surface area contributed by atoms with Gasteiger partial charge >= 0.3 is 0 Å². The number of benzene rings is 1. The number of carbonyl (C=O) groups is 1. The number of piperidine rings is 1.